The number of nitrogens with zero attached hydrogens (tertiary/aromatic N) is 3. The van der Waals surface area contributed by atoms with Crippen LogP contribution in [0.2, 0.25) is 5.02 Å². The number of H-pyrrole nitrogens is 1. The Kier molecular flexibility index (Phi) is 5.01. The van der Waals surface area contributed by atoms with Crippen LogP contribution in [0.3, 0.4) is 0 Å². The Morgan fingerprint density at radius 3 is 2.85 bits per heavy atom. The van der Waals surface area contributed by atoms with Gasteiger partial charge in [0.1, 0.15) is 17.1 Å². The lowest BCUT2D eigenvalue weighted by Crippen LogP contribution is -2.45. The number of fused-ring (bicyclic) bond motifs is 1. The molecule has 0 saturated carbocycles. The summed E-state index contributed by atoms with van der Waals surface area (Å²) in [6.45, 7) is 2.86. The summed E-state index contributed by atoms with van der Waals surface area (Å²) in [4.78, 5) is 8.31. The van der Waals surface area contributed by atoms with Crippen molar-refractivity contribution in [1.82, 2.24) is 9.97 Å². The Bertz CT molecular complexity index is 873. The molecule has 0 unspecified atom stereocenters. The number of pyridine rings is 1. The molecule has 3 rings (SSSR count). The van der Waals surface area contributed by atoms with Gasteiger partial charge in [-0.2, -0.15) is 18.4 Å². The normalized spacial score (nSPS) is 18.3. The topological polar surface area (TPSA) is 74.2 Å². The van der Waals surface area contributed by atoms with Gasteiger partial charge in [-0.05, 0) is 6.92 Å². The minimum absolute atomic E-state index is 0.000255. The summed E-state index contributed by atoms with van der Waals surface area (Å²) in [7, 11) is 1.52. The summed E-state index contributed by atoms with van der Waals surface area (Å²) >= 11 is 6.14. The van der Waals surface area contributed by atoms with E-state index < -0.39 is 17.4 Å². The number of hydrogen-bond donors (Lipinski definition) is 1. The third kappa shape index (κ3) is 3.20. The second kappa shape index (κ2) is 6.95. The van der Waals surface area contributed by atoms with E-state index in [0.29, 0.717) is 31.0 Å². The van der Waals surface area contributed by atoms with E-state index in [9.17, 15) is 18.4 Å². The van der Waals surface area contributed by atoms with Gasteiger partial charge in [-0.25, -0.2) is 4.98 Å². The average molecular weight is 389 g/mol. The second-order valence-electron chi connectivity index (χ2n) is 5.98. The number of aromatic amines is 1. The van der Waals surface area contributed by atoms with Gasteiger partial charge in [0.2, 0.25) is 0 Å². The maximum absolute atomic E-state index is 13.5. The molecular formula is C16H16ClF3N4O2. The number of anilines is 1. The van der Waals surface area contributed by atoms with Crippen molar-refractivity contribution >= 4 is 28.3 Å². The van der Waals surface area contributed by atoms with E-state index in [4.69, 9.17) is 21.1 Å². The highest BCUT2D eigenvalue weighted by atomic mass is 35.5. The van der Waals surface area contributed by atoms with Gasteiger partial charge in [-0.15, -0.1) is 0 Å². The monoisotopic (exact) mass is 388 g/mol. The summed E-state index contributed by atoms with van der Waals surface area (Å²) in [5.41, 5.74) is -0.820. The van der Waals surface area contributed by atoms with Gasteiger partial charge < -0.3 is 19.4 Å². The molecule has 26 heavy (non-hydrogen) atoms. The van der Waals surface area contributed by atoms with Gasteiger partial charge in [-0.1, -0.05) is 11.6 Å². The van der Waals surface area contributed by atoms with Crippen LogP contribution in [-0.2, 0) is 15.7 Å². The highest BCUT2D eigenvalue weighted by Gasteiger charge is 2.40. The fraction of sp³-hybridized carbons (Fsp3) is 0.500. The minimum atomic E-state index is -4.78. The number of alkyl halides is 3. The van der Waals surface area contributed by atoms with Gasteiger partial charge in [0.25, 0.3) is 0 Å². The molecule has 1 fully saturated rings. The molecule has 0 aromatic carbocycles. The number of methoxy groups -OCH3 is 1. The van der Waals surface area contributed by atoms with Gasteiger partial charge in [0.05, 0.1) is 35.5 Å². The largest absolute Gasteiger partial charge is 0.434 e. The van der Waals surface area contributed by atoms with Crippen molar-refractivity contribution in [3.8, 4) is 6.07 Å². The van der Waals surface area contributed by atoms with Gasteiger partial charge in [0, 0.05) is 25.9 Å². The summed E-state index contributed by atoms with van der Waals surface area (Å²) in [6.07, 6.45) is -5.09. The van der Waals surface area contributed by atoms with Crippen LogP contribution in [-0.4, -0.2) is 49.5 Å². The lowest BCUT2D eigenvalue weighted by Gasteiger charge is -2.35. The molecule has 1 saturated heterocycles. The summed E-state index contributed by atoms with van der Waals surface area (Å²) in [6, 6.07) is 1.68. The van der Waals surface area contributed by atoms with Crippen LogP contribution in [0.15, 0.2) is 0 Å². The summed E-state index contributed by atoms with van der Waals surface area (Å²) < 4.78 is 51.2. The molecule has 2 aromatic heterocycles. The van der Waals surface area contributed by atoms with Gasteiger partial charge >= 0.3 is 6.18 Å². The second-order valence-corrected chi connectivity index (χ2v) is 6.35. The Morgan fingerprint density at radius 1 is 1.50 bits per heavy atom. The average Bonchev–Trinajstić information content (AvgIpc) is 2.87. The third-order valence-corrected chi connectivity index (χ3v) is 4.67. The SMILES string of the molecule is COC[C@@H]1CN(c2c(C#N)c(C(F)(F)F)nc3c(Cl)c(C)[nH]c23)CCO1. The molecular weight excluding hydrogens is 373 g/mol. The number of morpholine rings is 1. The number of nitriles is 1. The number of aromatic nitrogens is 2. The molecule has 0 bridgehead atoms. The van der Waals surface area contributed by atoms with Crippen molar-refractivity contribution in [3.05, 3.63) is 22.0 Å². The van der Waals surface area contributed by atoms with E-state index in [1.165, 1.54) is 7.11 Å². The Labute approximate surface area is 152 Å². The first-order chi connectivity index (χ1) is 12.3. The van der Waals surface area contributed by atoms with Crippen molar-refractivity contribution in [3.63, 3.8) is 0 Å². The van der Waals surface area contributed by atoms with Crippen molar-refractivity contribution < 1.29 is 22.6 Å². The van der Waals surface area contributed by atoms with E-state index in [1.54, 1.807) is 17.9 Å². The Hall–Kier alpha value is -2.02. The molecule has 0 aliphatic carbocycles. The zero-order valence-corrected chi connectivity index (χ0v) is 14.8. The highest BCUT2D eigenvalue weighted by Crippen LogP contribution is 2.41. The molecule has 0 amide bonds. The van der Waals surface area contributed by atoms with E-state index in [0.717, 1.165) is 0 Å². The van der Waals surface area contributed by atoms with Crippen LogP contribution in [0.25, 0.3) is 11.0 Å². The number of rotatable bonds is 3. The van der Waals surface area contributed by atoms with Gasteiger partial charge in [-0.3, -0.25) is 0 Å². The maximum Gasteiger partial charge on any atom is 0.434 e. The quantitative estimate of drug-likeness (QED) is 0.873. The third-order valence-electron chi connectivity index (χ3n) is 4.21. The van der Waals surface area contributed by atoms with Gasteiger partial charge in [0.15, 0.2) is 5.69 Å². The van der Waals surface area contributed by atoms with Crippen LogP contribution >= 0.6 is 11.6 Å². The molecule has 6 nitrogen and oxygen atoms in total. The maximum atomic E-state index is 13.5. The summed E-state index contributed by atoms with van der Waals surface area (Å²) in [5.74, 6) is 0. The highest BCUT2D eigenvalue weighted by molar-refractivity contribution is 6.36. The fourth-order valence-corrected chi connectivity index (χ4v) is 3.29. The minimum Gasteiger partial charge on any atom is -0.382 e. The van der Waals surface area contributed by atoms with Crippen LogP contribution in [0.1, 0.15) is 17.0 Å². The molecule has 2 aromatic rings. The van der Waals surface area contributed by atoms with Crippen LogP contribution in [0.5, 0.6) is 0 Å². The van der Waals surface area contributed by atoms with Crippen molar-refractivity contribution in [1.29, 1.82) is 5.26 Å². The molecule has 1 atom stereocenters. The van der Waals surface area contributed by atoms with Crippen LogP contribution in [0.4, 0.5) is 18.9 Å². The lowest BCUT2D eigenvalue weighted by molar-refractivity contribution is -0.141. The molecule has 3 heterocycles. The first-order valence-electron chi connectivity index (χ1n) is 7.82. The predicted octanol–water partition coefficient (Wildman–Crippen LogP) is 3.27. The standard InChI is InChI=1S/C16H16ClF3N4O2/c1-8-11(17)12-13(22-8)14(10(5-21)15(23-12)16(18,19)20)24-3-4-26-9(6-24)7-25-2/h9,22H,3-4,6-7H2,1-2H3/t9-/m0/s1. The van der Waals surface area contributed by atoms with E-state index in [-0.39, 0.29) is 28.9 Å². The molecule has 1 aliphatic heterocycles. The zero-order valence-electron chi connectivity index (χ0n) is 14.1. The zero-order chi connectivity index (χ0) is 19.1. The first kappa shape index (κ1) is 18.8. The van der Waals surface area contributed by atoms with Crippen LogP contribution < -0.4 is 4.90 Å². The number of aryl methyl sites for hydroxylation is 1. The van der Waals surface area contributed by atoms with E-state index in [1.807, 2.05) is 0 Å². The molecule has 140 valence electrons. The van der Waals surface area contributed by atoms with E-state index in [2.05, 4.69) is 9.97 Å². The van der Waals surface area contributed by atoms with Crippen molar-refractivity contribution in [2.45, 2.75) is 19.2 Å². The predicted molar refractivity (Wildman–Crippen MR) is 89.4 cm³/mol. The smallest absolute Gasteiger partial charge is 0.382 e. The molecule has 0 spiro atoms. The first-order valence-corrected chi connectivity index (χ1v) is 8.20. The van der Waals surface area contributed by atoms with Crippen molar-refractivity contribution in [2.75, 3.05) is 38.3 Å². The molecule has 0 radical (unpaired) electrons. The van der Waals surface area contributed by atoms with E-state index >= 15 is 0 Å². The number of nitrogens with one attached hydrogen (secondary N) is 1. The number of ether oxygens (including phenoxy) is 2. The summed E-state index contributed by atoms with van der Waals surface area (Å²) in [5, 5.41) is 9.59. The number of halogens is 4. The lowest BCUT2D eigenvalue weighted by atomic mass is 10.1. The number of hydrogen-bond acceptors (Lipinski definition) is 5. The molecule has 1 N–H and O–H groups in total. The van der Waals surface area contributed by atoms with Crippen molar-refractivity contribution in [2.24, 2.45) is 0 Å². The Morgan fingerprint density at radius 2 is 2.23 bits per heavy atom. The Balaban J connectivity index is 2.25. The molecule has 10 heteroatoms. The van der Waals surface area contributed by atoms with Crippen LogP contribution in [0, 0.1) is 18.3 Å². The fourth-order valence-electron chi connectivity index (χ4n) is 3.11. The molecule has 1 aliphatic rings.